The highest BCUT2D eigenvalue weighted by atomic mass is 127. The Kier molecular flexibility index (Phi) is 6.63. The van der Waals surface area contributed by atoms with Gasteiger partial charge >= 0.3 is 5.97 Å². The molecule has 1 aromatic heterocycles. The smallest absolute Gasteiger partial charge is 0.357 e. The molecule has 0 fully saturated rings. The van der Waals surface area contributed by atoms with Crippen molar-refractivity contribution in [3.05, 3.63) is 68.2 Å². The number of esters is 1. The molecule has 0 saturated heterocycles. The molecule has 3 rings (SSSR count). The second-order valence-corrected chi connectivity index (χ2v) is 7.98. The van der Waals surface area contributed by atoms with Gasteiger partial charge < -0.3 is 15.4 Å². The molecular weight excluding hydrogens is 489 g/mol. The maximum absolute atomic E-state index is 12.5. The first kappa shape index (κ1) is 20.3. The second-order valence-electron chi connectivity index (χ2n) is 5.88. The molecule has 1 heterocycles. The van der Waals surface area contributed by atoms with Crippen LogP contribution in [0.25, 0.3) is 0 Å². The highest BCUT2D eigenvalue weighted by Crippen LogP contribution is 2.27. The molecule has 0 radical (unpaired) electrons. The lowest BCUT2D eigenvalue weighted by molar-refractivity contribution is 0.0520. The highest BCUT2D eigenvalue weighted by molar-refractivity contribution is 14.1. The van der Waals surface area contributed by atoms with Crippen LogP contribution in [0.3, 0.4) is 0 Å². The first-order valence-electron chi connectivity index (χ1n) is 8.53. The Hall–Kier alpha value is -2.46. The number of halogens is 1. The maximum Gasteiger partial charge on any atom is 0.357 e. The number of aryl methyl sites for hydroxylation is 1. The van der Waals surface area contributed by atoms with Crippen molar-refractivity contribution in [2.75, 3.05) is 17.2 Å². The van der Waals surface area contributed by atoms with Crippen molar-refractivity contribution in [1.82, 2.24) is 4.98 Å². The van der Waals surface area contributed by atoms with Crippen LogP contribution >= 0.6 is 33.9 Å². The van der Waals surface area contributed by atoms with E-state index in [1.165, 1.54) is 11.3 Å². The molecule has 0 aliphatic rings. The fraction of sp³-hybridized carbons (Fsp3) is 0.150. The molecule has 1 amide bonds. The molecule has 144 valence electrons. The van der Waals surface area contributed by atoms with Gasteiger partial charge in [-0.25, -0.2) is 9.78 Å². The molecule has 2 aromatic carbocycles. The number of carbonyl (C=O) groups excluding carboxylic acids is 2. The third-order valence-corrected chi connectivity index (χ3v) is 5.24. The maximum atomic E-state index is 12.5. The Bertz CT molecular complexity index is 1020. The van der Waals surface area contributed by atoms with Gasteiger partial charge in [-0.05, 0) is 72.3 Å². The van der Waals surface area contributed by atoms with Crippen molar-refractivity contribution >= 4 is 62.3 Å². The Morgan fingerprint density at radius 1 is 1.21 bits per heavy atom. The fourth-order valence-electron chi connectivity index (χ4n) is 2.41. The Labute approximate surface area is 180 Å². The molecule has 3 aromatic rings. The molecule has 0 aliphatic carbocycles. The number of hydrogen-bond donors (Lipinski definition) is 2. The van der Waals surface area contributed by atoms with Crippen LogP contribution in [0.1, 0.15) is 33.3 Å². The summed E-state index contributed by atoms with van der Waals surface area (Å²) >= 11 is 3.49. The zero-order chi connectivity index (χ0) is 20.1. The minimum Gasteiger partial charge on any atom is -0.461 e. The third-order valence-electron chi connectivity index (χ3n) is 3.81. The van der Waals surface area contributed by atoms with Gasteiger partial charge in [0.05, 0.1) is 6.61 Å². The average molecular weight is 507 g/mol. The fourth-order valence-corrected chi connectivity index (χ4v) is 3.65. The first-order chi connectivity index (χ1) is 13.5. The third kappa shape index (κ3) is 5.08. The van der Waals surface area contributed by atoms with Gasteiger partial charge in [0.1, 0.15) is 0 Å². The summed E-state index contributed by atoms with van der Waals surface area (Å²) in [5.41, 5.74) is 3.32. The lowest BCUT2D eigenvalue weighted by Gasteiger charge is -2.11. The predicted molar refractivity (Wildman–Crippen MR) is 120 cm³/mol. The summed E-state index contributed by atoms with van der Waals surface area (Å²) in [7, 11) is 0. The summed E-state index contributed by atoms with van der Waals surface area (Å²) in [5, 5.41) is 8.33. The van der Waals surface area contributed by atoms with Crippen molar-refractivity contribution in [3.63, 3.8) is 0 Å². The normalized spacial score (nSPS) is 10.4. The van der Waals surface area contributed by atoms with Gasteiger partial charge in [0.25, 0.3) is 5.91 Å². The van der Waals surface area contributed by atoms with Crippen LogP contribution < -0.4 is 10.6 Å². The van der Waals surface area contributed by atoms with Gasteiger partial charge in [-0.1, -0.05) is 12.1 Å². The van der Waals surface area contributed by atoms with Crippen molar-refractivity contribution in [3.8, 4) is 0 Å². The van der Waals surface area contributed by atoms with E-state index in [9.17, 15) is 9.59 Å². The van der Waals surface area contributed by atoms with E-state index in [1.807, 2.05) is 43.3 Å². The number of nitrogens with zero attached hydrogens (tertiary/aromatic N) is 1. The number of nitrogens with one attached hydrogen (secondary N) is 2. The summed E-state index contributed by atoms with van der Waals surface area (Å²) < 4.78 is 5.96. The van der Waals surface area contributed by atoms with Gasteiger partial charge in [0.2, 0.25) is 0 Å². The van der Waals surface area contributed by atoms with Crippen LogP contribution in [0.4, 0.5) is 16.5 Å². The van der Waals surface area contributed by atoms with Crippen LogP contribution in [-0.2, 0) is 4.74 Å². The number of hydrogen-bond acceptors (Lipinski definition) is 6. The van der Waals surface area contributed by atoms with Crippen LogP contribution in [-0.4, -0.2) is 23.5 Å². The van der Waals surface area contributed by atoms with Crippen molar-refractivity contribution < 1.29 is 14.3 Å². The largest absolute Gasteiger partial charge is 0.461 e. The summed E-state index contributed by atoms with van der Waals surface area (Å²) in [5.74, 6) is -0.616. The Morgan fingerprint density at radius 3 is 2.79 bits per heavy atom. The number of rotatable bonds is 6. The average Bonchev–Trinajstić information content (AvgIpc) is 3.13. The zero-order valence-corrected chi connectivity index (χ0v) is 18.3. The van der Waals surface area contributed by atoms with Crippen LogP contribution in [0, 0.1) is 10.5 Å². The number of anilines is 3. The lowest BCUT2D eigenvalue weighted by atomic mass is 10.1. The second kappa shape index (κ2) is 9.16. The Balaban J connectivity index is 1.75. The number of amides is 1. The van der Waals surface area contributed by atoms with Crippen LogP contribution in [0.2, 0.25) is 0 Å². The molecule has 6 nitrogen and oxygen atoms in total. The van der Waals surface area contributed by atoms with E-state index in [2.05, 4.69) is 38.2 Å². The zero-order valence-electron chi connectivity index (χ0n) is 15.3. The van der Waals surface area contributed by atoms with E-state index < -0.39 is 5.97 Å². The lowest BCUT2D eigenvalue weighted by Crippen LogP contribution is -2.12. The van der Waals surface area contributed by atoms with E-state index in [0.717, 1.165) is 14.8 Å². The SMILES string of the molecule is CCOC(=O)c1csc(Nc2cc(NC(=O)c3cccc(I)c3)ccc2C)n1. The quantitative estimate of drug-likeness (QED) is 0.353. The van der Waals surface area contributed by atoms with E-state index in [4.69, 9.17) is 4.74 Å². The van der Waals surface area contributed by atoms with Crippen molar-refractivity contribution in [1.29, 1.82) is 0 Å². The van der Waals surface area contributed by atoms with Gasteiger partial charge in [-0.3, -0.25) is 4.79 Å². The summed E-state index contributed by atoms with van der Waals surface area (Å²) in [6.45, 7) is 4.01. The topological polar surface area (TPSA) is 80.3 Å². The van der Waals surface area contributed by atoms with Gasteiger partial charge in [-0.15, -0.1) is 11.3 Å². The molecule has 0 atom stereocenters. The molecule has 0 bridgehead atoms. The van der Waals surface area contributed by atoms with E-state index in [0.29, 0.717) is 23.0 Å². The molecule has 0 aliphatic heterocycles. The van der Waals surface area contributed by atoms with Gasteiger partial charge in [0, 0.05) is 25.9 Å². The molecule has 0 unspecified atom stereocenters. The number of aromatic nitrogens is 1. The number of carbonyl (C=O) groups is 2. The molecule has 28 heavy (non-hydrogen) atoms. The standard InChI is InChI=1S/C20H18IN3O3S/c1-3-27-19(26)17-11-28-20(24-17)23-16-10-15(8-7-12(16)2)22-18(25)13-5-4-6-14(21)9-13/h4-11H,3H2,1-2H3,(H,22,25)(H,23,24). The number of benzene rings is 2. The molecule has 2 N–H and O–H groups in total. The highest BCUT2D eigenvalue weighted by Gasteiger charge is 2.13. The molecular formula is C20H18IN3O3S. The van der Waals surface area contributed by atoms with Gasteiger partial charge in [0.15, 0.2) is 10.8 Å². The van der Waals surface area contributed by atoms with E-state index >= 15 is 0 Å². The summed E-state index contributed by atoms with van der Waals surface area (Å²) in [6, 6.07) is 13.0. The molecule has 0 spiro atoms. The van der Waals surface area contributed by atoms with Crippen molar-refractivity contribution in [2.45, 2.75) is 13.8 Å². The summed E-state index contributed by atoms with van der Waals surface area (Å²) in [4.78, 5) is 28.5. The number of ether oxygens (including phenoxy) is 1. The van der Waals surface area contributed by atoms with Gasteiger partial charge in [-0.2, -0.15) is 0 Å². The van der Waals surface area contributed by atoms with Crippen LogP contribution in [0.15, 0.2) is 47.8 Å². The minimum atomic E-state index is -0.443. The van der Waals surface area contributed by atoms with Crippen LogP contribution in [0.5, 0.6) is 0 Å². The number of thiazole rings is 1. The monoisotopic (exact) mass is 507 g/mol. The molecule has 8 heteroatoms. The van der Waals surface area contributed by atoms with Crippen molar-refractivity contribution in [2.24, 2.45) is 0 Å². The minimum absolute atomic E-state index is 0.174. The molecule has 0 saturated carbocycles. The van der Waals surface area contributed by atoms with E-state index in [-0.39, 0.29) is 11.6 Å². The Morgan fingerprint density at radius 2 is 2.04 bits per heavy atom. The first-order valence-corrected chi connectivity index (χ1v) is 10.5. The predicted octanol–water partition coefficient (Wildman–Crippen LogP) is 5.23. The summed E-state index contributed by atoms with van der Waals surface area (Å²) in [6.07, 6.45) is 0. The van der Waals surface area contributed by atoms with E-state index in [1.54, 1.807) is 18.4 Å².